The molecule has 33 heavy (non-hydrogen) atoms. The molecule has 3 aromatic rings. The topological polar surface area (TPSA) is 113 Å². The number of carbonyl (C=O) groups is 2. The van der Waals surface area contributed by atoms with Gasteiger partial charge in [-0.25, -0.2) is 0 Å². The fraction of sp³-hybridized carbons (Fsp3) is 0.375. The summed E-state index contributed by atoms with van der Waals surface area (Å²) in [5.74, 6) is -0.277. The Morgan fingerprint density at radius 1 is 1.21 bits per heavy atom. The zero-order valence-electron chi connectivity index (χ0n) is 18.7. The first-order valence-corrected chi connectivity index (χ1v) is 11.2. The van der Waals surface area contributed by atoms with Gasteiger partial charge < -0.3 is 15.0 Å². The van der Waals surface area contributed by atoms with Gasteiger partial charge in [0.15, 0.2) is 5.69 Å². The summed E-state index contributed by atoms with van der Waals surface area (Å²) in [5.41, 5.74) is 6.48. The van der Waals surface area contributed by atoms with Gasteiger partial charge in [-0.3, -0.25) is 24.7 Å². The number of H-pyrrole nitrogens is 1. The molecule has 2 aliphatic rings. The molecule has 0 aromatic carbocycles. The lowest BCUT2D eigenvalue weighted by Crippen LogP contribution is -2.43. The van der Waals surface area contributed by atoms with Crippen molar-refractivity contribution < 1.29 is 14.3 Å². The lowest BCUT2D eigenvalue weighted by molar-refractivity contribution is -0.0249. The van der Waals surface area contributed by atoms with Crippen LogP contribution in [0.5, 0.6) is 0 Å². The number of aromatic nitrogens is 4. The molecule has 1 fully saturated rings. The first-order chi connectivity index (χ1) is 16.0. The molecule has 0 radical (unpaired) electrons. The SMILES string of the molecule is CNC(=O)c1ccc(-c2cc(C)nc([C@H]3CN(C(=O)c4n[nH]c5c4CCC5)CCO3)c2)cn1. The van der Waals surface area contributed by atoms with Crippen molar-refractivity contribution in [3.63, 3.8) is 0 Å². The molecule has 9 nitrogen and oxygen atoms in total. The number of rotatable bonds is 4. The highest BCUT2D eigenvalue weighted by Crippen LogP contribution is 2.29. The smallest absolute Gasteiger partial charge is 0.274 e. The fourth-order valence-electron chi connectivity index (χ4n) is 4.51. The second kappa shape index (κ2) is 8.74. The maximum absolute atomic E-state index is 13.2. The number of aryl methyl sites for hydroxylation is 2. The zero-order chi connectivity index (χ0) is 22.9. The van der Waals surface area contributed by atoms with Gasteiger partial charge in [0, 0.05) is 42.3 Å². The molecule has 9 heteroatoms. The Morgan fingerprint density at radius 3 is 2.88 bits per heavy atom. The number of fused-ring (bicyclic) bond motifs is 1. The molecule has 1 atom stereocenters. The van der Waals surface area contributed by atoms with Gasteiger partial charge in [-0.1, -0.05) is 6.07 Å². The Kier molecular flexibility index (Phi) is 5.63. The molecule has 3 aromatic heterocycles. The van der Waals surface area contributed by atoms with Crippen LogP contribution in [0.3, 0.4) is 0 Å². The summed E-state index contributed by atoms with van der Waals surface area (Å²) in [5, 5.41) is 9.89. The van der Waals surface area contributed by atoms with E-state index >= 15 is 0 Å². The lowest BCUT2D eigenvalue weighted by Gasteiger charge is -2.32. The largest absolute Gasteiger partial charge is 0.368 e. The molecule has 0 saturated carbocycles. The number of hydrogen-bond acceptors (Lipinski definition) is 6. The first-order valence-electron chi connectivity index (χ1n) is 11.2. The Balaban J connectivity index is 1.37. The monoisotopic (exact) mass is 446 g/mol. The van der Waals surface area contributed by atoms with Crippen molar-refractivity contribution in [3.8, 4) is 11.1 Å². The molecule has 0 bridgehead atoms. The summed E-state index contributed by atoms with van der Waals surface area (Å²) >= 11 is 0. The predicted molar refractivity (Wildman–Crippen MR) is 121 cm³/mol. The van der Waals surface area contributed by atoms with Crippen LogP contribution in [0.4, 0.5) is 0 Å². The van der Waals surface area contributed by atoms with Gasteiger partial charge in [-0.2, -0.15) is 5.10 Å². The molecule has 1 aliphatic heterocycles. The van der Waals surface area contributed by atoms with Crippen molar-refractivity contribution in [2.24, 2.45) is 0 Å². The maximum Gasteiger partial charge on any atom is 0.274 e. The number of pyridine rings is 2. The van der Waals surface area contributed by atoms with Crippen LogP contribution >= 0.6 is 0 Å². The van der Waals surface area contributed by atoms with Gasteiger partial charge in [-0.15, -0.1) is 0 Å². The van der Waals surface area contributed by atoms with E-state index in [9.17, 15) is 9.59 Å². The van der Waals surface area contributed by atoms with Gasteiger partial charge in [-0.05, 0) is 49.9 Å². The van der Waals surface area contributed by atoms with Crippen LogP contribution in [-0.4, -0.2) is 63.6 Å². The highest BCUT2D eigenvalue weighted by molar-refractivity contribution is 5.94. The number of carbonyl (C=O) groups excluding carboxylic acids is 2. The van der Waals surface area contributed by atoms with Crippen molar-refractivity contribution in [3.05, 3.63) is 64.5 Å². The Hall–Kier alpha value is -3.59. The number of hydrogen-bond donors (Lipinski definition) is 2. The number of ether oxygens (including phenoxy) is 1. The molecular weight excluding hydrogens is 420 g/mol. The third kappa shape index (κ3) is 4.11. The molecular formula is C24H26N6O3. The van der Waals surface area contributed by atoms with E-state index in [4.69, 9.17) is 4.74 Å². The maximum atomic E-state index is 13.2. The number of amides is 2. The van der Waals surface area contributed by atoms with Crippen LogP contribution in [0.25, 0.3) is 11.1 Å². The van der Waals surface area contributed by atoms with Gasteiger partial charge in [0.05, 0.1) is 18.8 Å². The minimum absolute atomic E-state index is 0.0513. The molecule has 4 heterocycles. The summed E-state index contributed by atoms with van der Waals surface area (Å²) in [6.45, 7) is 3.32. The van der Waals surface area contributed by atoms with Crippen LogP contribution in [0.2, 0.25) is 0 Å². The minimum Gasteiger partial charge on any atom is -0.368 e. The normalized spacial score (nSPS) is 17.6. The number of nitrogens with one attached hydrogen (secondary N) is 2. The summed E-state index contributed by atoms with van der Waals surface area (Å²) in [6, 6.07) is 7.50. The summed E-state index contributed by atoms with van der Waals surface area (Å²) in [4.78, 5) is 35.7. The van der Waals surface area contributed by atoms with E-state index in [-0.39, 0.29) is 17.9 Å². The van der Waals surface area contributed by atoms with Crippen LogP contribution in [0.15, 0.2) is 30.5 Å². The van der Waals surface area contributed by atoms with Crippen LogP contribution < -0.4 is 5.32 Å². The van der Waals surface area contributed by atoms with E-state index in [2.05, 4.69) is 25.5 Å². The fourth-order valence-corrected chi connectivity index (χ4v) is 4.51. The third-order valence-corrected chi connectivity index (χ3v) is 6.22. The molecule has 5 rings (SSSR count). The third-order valence-electron chi connectivity index (χ3n) is 6.22. The molecule has 1 saturated heterocycles. The highest BCUT2D eigenvalue weighted by atomic mass is 16.5. The van der Waals surface area contributed by atoms with Gasteiger partial charge in [0.2, 0.25) is 0 Å². The Labute approximate surface area is 191 Å². The van der Waals surface area contributed by atoms with E-state index in [1.807, 2.05) is 30.0 Å². The van der Waals surface area contributed by atoms with E-state index in [1.54, 1.807) is 19.3 Å². The summed E-state index contributed by atoms with van der Waals surface area (Å²) in [7, 11) is 1.58. The van der Waals surface area contributed by atoms with E-state index in [1.165, 1.54) is 0 Å². The quantitative estimate of drug-likeness (QED) is 0.636. The zero-order valence-corrected chi connectivity index (χ0v) is 18.7. The van der Waals surface area contributed by atoms with Crippen LogP contribution in [0, 0.1) is 6.92 Å². The number of aromatic amines is 1. The molecule has 1 aliphatic carbocycles. The predicted octanol–water partition coefficient (Wildman–Crippen LogP) is 2.24. The molecule has 2 N–H and O–H groups in total. The molecule has 0 spiro atoms. The van der Waals surface area contributed by atoms with E-state index < -0.39 is 0 Å². The Morgan fingerprint density at radius 2 is 2.09 bits per heavy atom. The van der Waals surface area contributed by atoms with Crippen molar-refractivity contribution in [1.82, 2.24) is 30.4 Å². The number of nitrogens with zero attached hydrogens (tertiary/aromatic N) is 4. The first kappa shape index (κ1) is 21.3. The summed E-state index contributed by atoms with van der Waals surface area (Å²) in [6.07, 6.45) is 4.27. The second-order valence-electron chi connectivity index (χ2n) is 8.43. The minimum atomic E-state index is -0.327. The lowest BCUT2D eigenvalue weighted by atomic mass is 10.0. The van der Waals surface area contributed by atoms with Crippen molar-refractivity contribution in [2.45, 2.75) is 32.3 Å². The average Bonchev–Trinajstić information content (AvgIpc) is 3.47. The standard InChI is InChI=1S/C24H26N6O3/c1-14-10-16(15-6-7-19(26-12-15)23(31)25-2)11-20(27-14)21-13-30(8-9-33-21)24(32)22-17-4-3-5-18(17)28-29-22/h6-7,10-12,21H,3-5,8-9,13H2,1-2H3,(H,25,31)(H,28,29)/t21-/m1/s1. The van der Waals surface area contributed by atoms with Gasteiger partial charge >= 0.3 is 0 Å². The second-order valence-corrected chi connectivity index (χ2v) is 8.43. The Bertz CT molecular complexity index is 1200. The molecule has 0 unspecified atom stereocenters. The van der Waals surface area contributed by atoms with Crippen molar-refractivity contribution >= 4 is 11.8 Å². The van der Waals surface area contributed by atoms with Crippen LogP contribution in [-0.2, 0) is 17.6 Å². The average molecular weight is 447 g/mol. The van der Waals surface area contributed by atoms with Crippen LogP contribution in [0.1, 0.15) is 56.1 Å². The molecule has 170 valence electrons. The van der Waals surface area contributed by atoms with Crippen molar-refractivity contribution in [1.29, 1.82) is 0 Å². The van der Waals surface area contributed by atoms with E-state index in [0.717, 1.165) is 53.0 Å². The van der Waals surface area contributed by atoms with E-state index in [0.29, 0.717) is 31.1 Å². The van der Waals surface area contributed by atoms with Crippen molar-refractivity contribution in [2.75, 3.05) is 26.7 Å². The number of morpholine rings is 1. The molecule has 2 amide bonds. The highest BCUT2D eigenvalue weighted by Gasteiger charge is 2.31. The van der Waals surface area contributed by atoms with Gasteiger partial charge in [0.25, 0.3) is 11.8 Å². The summed E-state index contributed by atoms with van der Waals surface area (Å²) < 4.78 is 6.01. The van der Waals surface area contributed by atoms with Gasteiger partial charge in [0.1, 0.15) is 11.8 Å².